The molecule has 0 unspecified atom stereocenters. The minimum absolute atomic E-state index is 0.0120. The van der Waals surface area contributed by atoms with Crippen molar-refractivity contribution in [2.24, 2.45) is 0 Å². The van der Waals surface area contributed by atoms with E-state index < -0.39 is 11.5 Å². The second-order valence-corrected chi connectivity index (χ2v) is 4.88. The van der Waals surface area contributed by atoms with Gasteiger partial charge in [0.2, 0.25) is 11.7 Å². The van der Waals surface area contributed by atoms with Gasteiger partial charge < -0.3 is 19.3 Å². The smallest absolute Gasteiger partial charge is 0.371 e. The van der Waals surface area contributed by atoms with E-state index in [4.69, 9.17) is 9.52 Å². The molecule has 0 saturated carbocycles. The maximum absolute atomic E-state index is 12.1. The van der Waals surface area contributed by atoms with Gasteiger partial charge in [-0.15, -0.1) is 0 Å². The number of carbonyl (C=O) groups is 2. The summed E-state index contributed by atoms with van der Waals surface area (Å²) >= 11 is 0. The van der Waals surface area contributed by atoms with Crippen LogP contribution in [0.5, 0.6) is 0 Å². The van der Waals surface area contributed by atoms with Crippen LogP contribution in [-0.4, -0.2) is 47.6 Å². The van der Waals surface area contributed by atoms with E-state index in [9.17, 15) is 9.59 Å². The Morgan fingerprint density at radius 3 is 2.61 bits per heavy atom. The molecule has 0 atom stereocenters. The maximum atomic E-state index is 12.1. The molecule has 0 bridgehead atoms. The van der Waals surface area contributed by atoms with Gasteiger partial charge in [-0.05, 0) is 19.9 Å². The highest BCUT2D eigenvalue weighted by atomic mass is 16.4. The Kier molecular flexibility index (Phi) is 2.80. The van der Waals surface area contributed by atoms with Gasteiger partial charge in [0, 0.05) is 26.2 Å². The highest BCUT2D eigenvalue weighted by Gasteiger charge is 2.41. The Hall–Kier alpha value is -1.98. The first-order chi connectivity index (χ1) is 8.34. The summed E-state index contributed by atoms with van der Waals surface area (Å²) in [6.45, 7) is 4.80. The predicted molar refractivity (Wildman–Crippen MR) is 64.7 cm³/mol. The van der Waals surface area contributed by atoms with Crippen LogP contribution >= 0.6 is 0 Å². The van der Waals surface area contributed by atoms with Crippen molar-refractivity contribution in [2.75, 3.05) is 25.0 Å². The van der Waals surface area contributed by atoms with Crippen molar-refractivity contribution < 1.29 is 19.1 Å². The van der Waals surface area contributed by atoms with E-state index in [1.807, 2.05) is 0 Å². The third-order valence-electron chi connectivity index (χ3n) is 3.27. The summed E-state index contributed by atoms with van der Waals surface area (Å²) in [5, 5.41) is 8.83. The highest BCUT2D eigenvalue weighted by molar-refractivity contribution is 5.90. The molecule has 1 aromatic rings. The molecule has 1 aliphatic rings. The first-order valence-corrected chi connectivity index (χ1v) is 5.70. The highest BCUT2D eigenvalue weighted by Crippen LogP contribution is 2.29. The number of anilines is 1. The molecule has 0 spiro atoms. The van der Waals surface area contributed by atoms with Crippen LogP contribution in [0.2, 0.25) is 0 Å². The fraction of sp³-hybridized carbons (Fsp3) is 0.500. The van der Waals surface area contributed by atoms with Crippen LogP contribution in [-0.2, 0) is 4.79 Å². The zero-order valence-corrected chi connectivity index (χ0v) is 10.6. The van der Waals surface area contributed by atoms with Crippen LogP contribution < -0.4 is 4.90 Å². The van der Waals surface area contributed by atoms with Crippen molar-refractivity contribution in [1.82, 2.24) is 4.90 Å². The number of hydrogen-bond acceptors (Lipinski definition) is 4. The van der Waals surface area contributed by atoms with Crippen molar-refractivity contribution in [3.63, 3.8) is 0 Å². The van der Waals surface area contributed by atoms with Gasteiger partial charge >= 0.3 is 5.97 Å². The van der Waals surface area contributed by atoms with Gasteiger partial charge in [0.15, 0.2) is 5.88 Å². The Labute approximate surface area is 105 Å². The van der Waals surface area contributed by atoms with Gasteiger partial charge in [0.1, 0.15) is 5.54 Å². The van der Waals surface area contributed by atoms with Crippen LogP contribution in [0.25, 0.3) is 0 Å². The lowest BCUT2D eigenvalue weighted by atomic mass is 9.98. The standard InChI is InChI=1S/C12H16N2O4/c1-12(2)11(17)13(3)6-7-14(12)9-5-4-8(18-9)10(15)16/h4-5H,6-7H2,1-3H3,(H,15,16). The quantitative estimate of drug-likeness (QED) is 0.851. The summed E-state index contributed by atoms with van der Waals surface area (Å²) in [6.07, 6.45) is 0. The van der Waals surface area contributed by atoms with Gasteiger partial charge in [0.05, 0.1) is 0 Å². The van der Waals surface area contributed by atoms with Crippen LogP contribution in [0.1, 0.15) is 24.4 Å². The molecule has 1 N–H and O–H groups in total. The van der Waals surface area contributed by atoms with Gasteiger partial charge in [-0.2, -0.15) is 0 Å². The largest absolute Gasteiger partial charge is 0.475 e. The van der Waals surface area contributed by atoms with Crippen LogP contribution in [0, 0.1) is 0 Å². The summed E-state index contributed by atoms with van der Waals surface area (Å²) in [6, 6.07) is 2.99. The fourth-order valence-electron chi connectivity index (χ4n) is 2.19. The molecule has 1 amide bonds. The Morgan fingerprint density at radius 1 is 1.39 bits per heavy atom. The second kappa shape index (κ2) is 4.04. The molecule has 2 heterocycles. The lowest BCUT2D eigenvalue weighted by Crippen LogP contribution is -2.62. The molecule has 1 fully saturated rings. The number of nitrogens with zero attached hydrogens (tertiary/aromatic N) is 2. The summed E-state index contributed by atoms with van der Waals surface area (Å²) in [7, 11) is 1.76. The summed E-state index contributed by atoms with van der Waals surface area (Å²) < 4.78 is 5.26. The number of rotatable bonds is 2. The Balaban J connectivity index is 2.32. The molecule has 0 aromatic carbocycles. The average Bonchev–Trinajstić information content (AvgIpc) is 2.75. The number of carboxylic acid groups (broad SMARTS) is 1. The summed E-state index contributed by atoms with van der Waals surface area (Å²) in [5.74, 6) is -0.826. The molecule has 1 aromatic heterocycles. The van der Waals surface area contributed by atoms with Gasteiger partial charge in [-0.3, -0.25) is 4.79 Å². The number of carbonyl (C=O) groups excluding carboxylic acids is 1. The average molecular weight is 252 g/mol. The number of piperazine rings is 1. The molecular formula is C12H16N2O4. The topological polar surface area (TPSA) is 74.0 Å². The molecule has 0 radical (unpaired) electrons. The number of amides is 1. The van der Waals surface area contributed by atoms with Crippen LogP contribution in [0.4, 0.5) is 5.88 Å². The van der Waals surface area contributed by atoms with E-state index >= 15 is 0 Å². The molecular weight excluding hydrogens is 236 g/mol. The lowest BCUT2D eigenvalue weighted by Gasteiger charge is -2.44. The first-order valence-electron chi connectivity index (χ1n) is 5.70. The molecule has 0 aliphatic carbocycles. The fourth-order valence-corrected chi connectivity index (χ4v) is 2.19. The zero-order chi connectivity index (χ0) is 13.5. The van der Waals surface area contributed by atoms with Crippen molar-refractivity contribution in [3.05, 3.63) is 17.9 Å². The van der Waals surface area contributed by atoms with E-state index in [0.717, 1.165) is 0 Å². The number of furan rings is 1. The first kappa shape index (κ1) is 12.5. The number of likely N-dealkylation sites (N-methyl/N-ethyl adjacent to an activating group) is 1. The minimum Gasteiger partial charge on any atom is -0.475 e. The second-order valence-electron chi connectivity index (χ2n) is 4.88. The molecule has 98 valence electrons. The number of hydrogen-bond donors (Lipinski definition) is 1. The number of aromatic carboxylic acids is 1. The number of carboxylic acids is 1. The van der Waals surface area contributed by atoms with Crippen LogP contribution in [0.3, 0.4) is 0 Å². The van der Waals surface area contributed by atoms with E-state index in [1.54, 1.807) is 36.8 Å². The monoisotopic (exact) mass is 252 g/mol. The summed E-state index contributed by atoms with van der Waals surface area (Å²) in [4.78, 5) is 26.3. The molecule has 1 aliphatic heterocycles. The minimum atomic E-state index is -1.11. The zero-order valence-electron chi connectivity index (χ0n) is 10.6. The summed E-state index contributed by atoms with van der Waals surface area (Å²) in [5.41, 5.74) is -0.735. The lowest BCUT2D eigenvalue weighted by molar-refractivity contribution is -0.136. The molecule has 6 heteroatoms. The van der Waals surface area contributed by atoms with E-state index in [1.165, 1.54) is 6.07 Å². The van der Waals surface area contributed by atoms with Gasteiger partial charge in [0.25, 0.3) is 0 Å². The molecule has 1 saturated heterocycles. The van der Waals surface area contributed by atoms with Gasteiger partial charge in [-0.25, -0.2) is 4.79 Å². The van der Waals surface area contributed by atoms with Gasteiger partial charge in [-0.1, -0.05) is 0 Å². The predicted octanol–water partition coefficient (Wildman–Crippen LogP) is 1.03. The van der Waals surface area contributed by atoms with Crippen molar-refractivity contribution in [1.29, 1.82) is 0 Å². The Bertz CT molecular complexity index is 492. The van der Waals surface area contributed by atoms with Crippen molar-refractivity contribution in [2.45, 2.75) is 19.4 Å². The third kappa shape index (κ3) is 1.83. The van der Waals surface area contributed by atoms with E-state index in [0.29, 0.717) is 19.0 Å². The van der Waals surface area contributed by atoms with Crippen molar-refractivity contribution in [3.8, 4) is 0 Å². The molecule has 2 rings (SSSR count). The molecule has 18 heavy (non-hydrogen) atoms. The Morgan fingerprint density at radius 2 is 2.06 bits per heavy atom. The van der Waals surface area contributed by atoms with Crippen molar-refractivity contribution >= 4 is 17.8 Å². The SMILES string of the molecule is CN1CCN(c2ccc(C(=O)O)o2)C(C)(C)C1=O. The normalized spacial score (nSPS) is 19.2. The van der Waals surface area contributed by atoms with E-state index in [-0.39, 0.29) is 11.7 Å². The van der Waals surface area contributed by atoms with Crippen LogP contribution in [0.15, 0.2) is 16.5 Å². The third-order valence-corrected chi connectivity index (χ3v) is 3.27. The van der Waals surface area contributed by atoms with E-state index in [2.05, 4.69) is 0 Å². The molecule has 6 nitrogen and oxygen atoms in total. The maximum Gasteiger partial charge on any atom is 0.371 e.